The van der Waals surface area contributed by atoms with Crippen LogP contribution in [0.4, 0.5) is 19.0 Å². The topological polar surface area (TPSA) is 77.7 Å². The van der Waals surface area contributed by atoms with Crippen LogP contribution in [0.2, 0.25) is 0 Å². The van der Waals surface area contributed by atoms with Crippen molar-refractivity contribution in [3.05, 3.63) is 47.7 Å². The number of alkyl halides is 3. The van der Waals surface area contributed by atoms with E-state index in [1.165, 1.54) is 18.3 Å². The first-order valence-electron chi connectivity index (χ1n) is 5.70. The van der Waals surface area contributed by atoms with E-state index in [2.05, 4.69) is 15.5 Å². The van der Waals surface area contributed by atoms with Crippen molar-refractivity contribution in [1.29, 1.82) is 0 Å². The van der Waals surface area contributed by atoms with E-state index in [9.17, 15) is 18.3 Å². The molecule has 3 N–H and O–H groups in total. The standard InChI is InChI=1S/C13H10F3N3O2/c14-13(15,16)9-2-4-12(17-7-9)19-18-6-8-1-3-10(20)5-11(8)21/h1-7,20-21H,(H,17,19). The van der Waals surface area contributed by atoms with E-state index < -0.39 is 11.7 Å². The third-order valence-electron chi connectivity index (χ3n) is 2.49. The van der Waals surface area contributed by atoms with Gasteiger partial charge in [0.15, 0.2) is 0 Å². The van der Waals surface area contributed by atoms with Crippen LogP contribution >= 0.6 is 0 Å². The number of hydrogen-bond acceptors (Lipinski definition) is 5. The zero-order valence-corrected chi connectivity index (χ0v) is 10.5. The van der Waals surface area contributed by atoms with Gasteiger partial charge in [-0.3, -0.25) is 5.43 Å². The summed E-state index contributed by atoms with van der Waals surface area (Å²) in [6.45, 7) is 0. The molecule has 0 aliphatic rings. The van der Waals surface area contributed by atoms with Crippen molar-refractivity contribution in [2.75, 3.05) is 5.43 Å². The van der Waals surface area contributed by atoms with Gasteiger partial charge in [-0.2, -0.15) is 18.3 Å². The lowest BCUT2D eigenvalue weighted by Crippen LogP contribution is -2.05. The smallest absolute Gasteiger partial charge is 0.417 e. The number of anilines is 1. The quantitative estimate of drug-likeness (QED) is 0.601. The molecule has 0 unspecified atom stereocenters. The second kappa shape index (κ2) is 5.70. The van der Waals surface area contributed by atoms with Crippen molar-refractivity contribution >= 4 is 12.0 Å². The van der Waals surface area contributed by atoms with Crippen molar-refractivity contribution in [1.82, 2.24) is 4.98 Å². The van der Waals surface area contributed by atoms with E-state index in [0.29, 0.717) is 11.8 Å². The van der Waals surface area contributed by atoms with Crippen LogP contribution < -0.4 is 5.43 Å². The molecule has 2 aromatic rings. The van der Waals surface area contributed by atoms with E-state index in [0.717, 1.165) is 18.2 Å². The lowest BCUT2D eigenvalue weighted by molar-refractivity contribution is -0.137. The molecule has 0 bridgehead atoms. The number of pyridine rings is 1. The first-order valence-corrected chi connectivity index (χ1v) is 5.70. The molecule has 1 aromatic carbocycles. The highest BCUT2D eigenvalue weighted by Crippen LogP contribution is 2.28. The van der Waals surface area contributed by atoms with Crippen LogP contribution in [-0.2, 0) is 6.18 Å². The molecule has 0 aliphatic heterocycles. The summed E-state index contributed by atoms with van der Waals surface area (Å²) in [5, 5.41) is 22.3. The molecule has 0 radical (unpaired) electrons. The first kappa shape index (κ1) is 14.6. The Morgan fingerprint density at radius 2 is 1.90 bits per heavy atom. The number of halogens is 3. The molecule has 0 saturated carbocycles. The van der Waals surface area contributed by atoms with E-state index in [-0.39, 0.29) is 17.3 Å². The number of rotatable bonds is 3. The minimum Gasteiger partial charge on any atom is -0.508 e. The molecule has 2 rings (SSSR count). The Kier molecular flexibility index (Phi) is 3.97. The molecular formula is C13H10F3N3O2. The van der Waals surface area contributed by atoms with Crippen molar-refractivity contribution < 1.29 is 23.4 Å². The predicted octanol–water partition coefficient (Wildman–Crippen LogP) is 2.96. The largest absolute Gasteiger partial charge is 0.508 e. The van der Waals surface area contributed by atoms with Gasteiger partial charge in [-0.15, -0.1) is 0 Å². The highest BCUT2D eigenvalue weighted by molar-refractivity contribution is 5.84. The summed E-state index contributed by atoms with van der Waals surface area (Å²) >= 11 is 0. The van der Waals surface area contributed by atoms with Crippen molar-refractivity contribution in [2.45, 2.75) is 6.18 Å². The van der Waals surface area contributed by atoms with E-state index in [1.54, 1.807) is 0 Å². The molecule has 110 valence electrons. The van der Waals surface area contributed by atoms with Crippen LogP contribution in [0.3, 0.4) is 0 Å². The summed E-state index contributed by atoms with van der Waals surface area (Å²) in [7, 11) is 0. The Hall–Kier alpha value is -2.77. The zero-order valence-electron chi connectivity index (χ0n) is 10.5. The molecule has 21 heavy (non-hydrogen) atoms. The van der Waals surface area contributed by atoms with Gasteiger partial charge in [-0.05, 0) is 24.3 Å². The molecule has 0 amide bonds. The maximum Gasteiger partial charge on any atom is 0.417 e. The molecule has 0 aliphatic carbocycles. The van der Waals surface area contributed by atoms with Gasteiger partial charge in [0.1, 0.15) is 17.3 Å². The SMILES string of the molecule is Oc1ccc(C=NNc2ccc(C(F)(F)F)cn2)c(O)c1. The van der Waals surface area contributed by atoms with Crippen LogP contribution in [-0.4, -0.2) is 21.4 Å². The normalized spacial score (nSPS) is 11.8. The average molecular weight is 297 g/mol. The van der Waals surface area contributed by atoms with Crippen LogP contribution in [0.25, 0.3) is 0 Å². The molecule has 1 aromatic heterocycles. The van der Waals surface area contributed by atoms with Gasteiger partial charge in [0.25, 0.3) is 0 Å². The Labute approximate surface area is 117 Å². The molecule has 0 spiro atoms. The molecule has 1 heterocycles. The molecule has 5 nitrogen and oxygen atoms in total. The fourth-order valence-corrected chi connectivity index (χ4v) is 1.44. The number of aromatic nitrogens is 1. The monoisotopic (exact) mass is 297 g/mol. The van der Waals surface area contributed by atoms with Crippen LogP contribution in [0.5, 0.6) is 11.5 Å². The number of nitrogens with zero attached hydrogens (tertiary/aromatic N) is 2. The van der Waals surface area contributed by atoms with Gasteiger partial charge >= 0.3 is 6.18 Å². The summed E-state index contributed by atoms with van der Waals surface area (Å²) in [6.07, 6.45) is -2.50. The zero-order chi connectivity index (χ0) is 15.5. The van der Waals surface area contributed by atoms with Crippen molar-refractivity contribution in [3.63, 3.8) is 0 Å². The van der Waals surface area contributed by atoms with Gasteiger partial charge < -0.3 is 10.2 Å². The first-order chi connectivity index (χ1) is 9.86. The van der Waals surface area contributed by atoms with Crippen LogP contribution in [0, 0.1) is 0 Å². The summed E-state index contributed by atoms with van der Waals surface area (Å²) < 4.78 is 37.0. The molecule has 0 saturated heterocycles. The maximum absolute atomic E-state index is 12.3. The third kappa shape index (κ3) is 3.85. The van der Waals surface area contributed by atoms with Gasteiger partial charge in [0, 0.05) is 17.8 Å². The third-order valence-corrected chi connectivity index (χ3v) is 2.49. The Morgan fingerprint density at radius 3 is 2.48 bits per heavy atom. The number of hydrogen-bond donors (Lipinski definition) is 3. The van der Waals surface area contributed by atoms with E-state index in [1.807, 2.05) is 0 Å². The lowest BCUT2D eigenvalue weighted by Gasteiger charge is -2.06. The summed E-state index contributed by atoms with van der Waals surface area (Å²) in [6, 6.07) is 5.94. The Balaban J connectivity index is 2.04. The predicted molar refractivity (Wildman–Crippen MR) is 70.2 cm³/mol. The number of phenolic OH excluding ortho intramolecular Hbond substituents is 2. The Bertz CT molecular complexity index is 655. The lowest BCUT2D eigenvalue weighted by atomic mass is 10.2. The summed E-state index contributed by atoms with van der Waals surface area (Å²) in [5.41, 5.74) is 1.90. The van der Waals surface area contributed by atoms with Crippen molar-refractivity contribution in [2.24, 2.45) is 5.10 Å². The van der Waals surface area contributed by atoms with Crippen LogP contribution in [0.1, 0.15) is 11.1 Å². The number of hydrazone groups is 1. The molecular weight excluding hydrogens is 287 g/mol. The second-order valence-corrected chi connectivity index (χ2v) is 4.04. The van der Waals surface area contributed by atoms with Gasteiger partial charge in [-0.1, -0.05) is 0 Å². The summed E-state index contributed by atoms with van der Waals surface area (Å²) in [4.78, 5) is 3.57. The fourth-order valence-electron chi connectivity index (χ4n) is 1.44. The van der Waals surface area contributed by atoms with E-state index in [4.69, 9.17) is 5.11 Å². The number of phenols is 2. The minimum absolute atomic E-state index is 0.0954. The van der Waals surface area contributed by atoms with Gasteiger partial charge in [0.05, 0.1) is 11.8 Å². The molecule has 8 heteroatoms. The van der Waals surface area contributed by atoms with Crippen LogP contribution in [0.15, 0.2) is 41.6 Å². The highest BCUT2D eigenvalue weighted by atomic mass is 19.4. The molecule has 0 atom stereocenters. The fraction of sp³-hybridized carbons (Fsp3) is 0.0769. The summed E-state index contributed by atoms with van der Waals surface area (Å²) in [5.74, 6) is -0.152. The Morgan fingerprint density at radius 1 is 1.14 bits per heavy atom. The second-order valence-electron chi connectivity index (χ2n) is 4.04. The highest BCUT2D eigenvalue weighted by Gasteiger charge is 2.30. The average Bonchev–Trinajstić information content (AvgIpc) is 2.41. The maximum atomic E-state index is 12.3. The number of benzene rings is 1. The molecule has 0 fully saturated rings. The van der Waals surface area contributed by atoms with E-state index >= 15 is 0 Å². The van der Waals surface area contributed by atoms with Crippen molar-refractivity contribution in [3.8, 4) is 11.5 Å². The van der Waals surface area contributed by atoms with Gasteiger partial charge in [-0.25, -0.2) is 4.98 Å². The number of nitrogens with one attached hydrogen (secondary N) is 1. The minimum atomic E-state index is -4.44. The van der Waals surface area contributed by atoms with Gasteiger partial charge in [0.2, 0.25) is 0 Å². The number of aromatic hydroxyl groups is 2.